The minimum absolute atomic E-state index is 0. The number of anilines is 1. The minimum atomic E-state index is 0. The Morgan fingerprint density at radius 2 is 1.81 bits per heavy atom. The van der Waals surface area contributed by atoms with Gasteiger partial charge in [0.05, 0.1) is 7.11 Å². The third kappa shape index (κ3) is 7.51. The first kappa shape index (κ1) is 22.1. The Morgan fingerprint density at radius 3 is 2.50 bits per heavy atom. The summed E-state index contributed by atoms with van der Waals surface area (Å²) in [5.74, 6) is 1.69. The van der Waals surface area contributed by atoms with E-state index >= 15 is 0 Å². The Hall–Kier alpha value is -1.96. The molecule has 2 rings (SSSR count). The van der Waals surface area contributed by atoms with E-state index in [9.17, 15) is 0 Å². The zero-order valence-corrected chi connectivity index (χ0v) is 18.0. The van der Waals surface area contributed by atoms with Gasteiger partial charge in [-0.15, -0.1) is 24.0 Å². The summed E-state index contributed by atoms with van der Waals surface area (Å²) < 4.78 is 5.44. The van der Waals surface area contributed by atoms with Crippen LogP contribution in [0.25, 0.3) is 0 Å². The molecule has 0 amide bonds. The van der Waals surface area contributed by atoms with Crippen molar-refractivity contribution < 1.29 is 4.74 Å². The fourth-order valence-corrected chi connectivity index (χ4v) is 2.48. The van der Waals surface area contributed by atoms with Gasteiger partial charge >= 0.3 is 0 Å². The van der Waals surface area contributed by atoms with E-state index in [4.69, 9.17) is 4.74 Å². The van der Waals surface area contributed by atoms with Crippen molar-refractivity contribution in [2.24, 2.45) is 4.99 Å². The Kier molecular flexibility index (Phi) is 10.5. The number of guanidine groups is 1. The van der Waals surface area contributed by atoms with Crippen LogP contribution in [0.15, 0.2) is 53.5 Å². The Bertz CT molecular complexity index is 677. The predicted molar refractivity (Wildman–Crippen MR) is 121 cm³/mol. The van der Waals surface area contributed by atoms with Gasteiger partial charge in [-0.25, -0.2) is 0 Å². The highest BCUT2D eigenvalue weighted by atomic mass is 127. The van der Waals surface area contributed by atoms with Gasteiger partial charge < -0.3 is 20.7 Å². The molecule has 2 aromatic rings. The second-order valence-corrected chi connectivity index (χ2v) is 5.81. The zero-order valence-electron chi connectivity index (χ0n) is 15.7. The van der Waals surface area contributed by atoms with Crippen LogP contribution in [-0.4, -0.2) is 33.2 Å². The molecule has 0 aliphatic heterocycles. The molecule has 0 aliphatic rings. The highest BCUT2D eigenvalue weighted by molar-refractivity contribution is 14.0. The van der Waals surface area contributed by atoms with Crippen molar-refractivity contribution in [3.63, 3.8) is 0 Å². The van der Waals surface area contributed by atoms with Gasteiger partial charge in [0, 0.05) is 37.9 Å². The summed E-state index contributed by atoms with van der Waals surface area (Å²) in [6, 6.07) is 16.4. The number of hydrogen-bond donors (Lipinski definition) is 3. The first-order valence-corrected chi connectivity index (χ1v) is 8.60. The Morgan fingerprint density at radius 1 is 1.04 bits per heavy atom. The molecule has 0 unspecified atom stereocenters. The van der Waals surface area contributed by atoms with E-state index < -0.39 is 0 Å². The van der Waals surface area contributed by atoms with Crippen molar-refractivity contribution in [1.29, 1.82) is 0 Å². The van der Waals surface area contributed by atoms with Crippen LogP contribution in [0, 0.1) is 6.92 Å². The van der Waals surface area contributed by atoms with Gasteiger partial charge in [0.15, 0.2) is 5.96 Å². The highest BCUT2D eigenvalue weighted by Gasteiger charge is 2.04. The maximum Gasteiger partial charge on any atom is 0.191 e. The molecule has 0 spiro atoms. The van der Waals surface area contributed by atoms with Crippen LogP contribution in [0.2, 0.25) is 0 Å². The standard InChI is InChI=1S/C20H28N4O.HI/c1-16-10-11-17(19(14-16)25-3)15-24-20(21-2)23-13-7-12-22-18-8-5-4-6-9-18;/h4-6,8-11,14,22H,7,12-13,15H2,1-3H3,(H2,21,23,24);1H. The average Bonchev–Trinajstić information content (AvgIpc) is 2.65. The molecule has 0 radical (unpaired) electrons. The van der Waals surface area contributed by atoms with Gasteiger partial charge in [-0.05, 0) is 37.1 Å². The van der Waals surface area contributed by atoms with Gasteiger partial charge in [-0.3, -0.25) is 4.99 Å². The van der Waals surface area contributed by atoms with Crippen LogP contribution in [0.4, 0.5) is 5.69 Å². The van der Waals surface area contributed by atoms with Crippen molar-refractivity contribution in [2.45, 2.75) is 19.9 Å². The SMILES string of the molecule is CN=C(NCCCNc1ccccc1)NCc1ccc(C)cc1OC.I. The quantitative estimate of drug-likeness (QED) is 0.239. The molecule has 0 aromatic heterocycles. The molecule has 0 saturated carbocycles. The van der Waals surface area contributed by atoms with Crippen LogP contribution in [0.3, 0.4) is 0 Å². The zero-order chi connectivity index (χ0) is 17.9. The van der Waals surface area contributed by atoms with E-state index in [0.29, 0.717) is 6.54 Å². The number of halogens is 1. The fraction of sp³-hybridized carbons (Fsp3) is 0.350. The molecule has 5 nitrogen and oxygen atoms in total. The predicted octanol–water partition coefficient (Wildman–Crippen LogP) is 3.79. The Balaban J connectivity index is 0.00000338. The summed E-state index contributed by atoms with van der Waals surface area (Å²) in [6.45, 7) is 4.50. The number of ether oxygens (including phenoxy) is 1. The van der Waals surface area contributed by atoms with Crippen LogP contribution in [-0.2, 0) is 6.54 Å². The minimum Gasteiger partial charge on any atom is -0.496 e. The molecule has 0 bridgehead atoms. The van der Waals surface area contributed by atoms with E-state index in [0.717, 1.165) is 42.5 Å². The number of nitrogens with one attached hydrogen (secondary N) is 3. The fourth-order valence-electron chi connectivity index (χ4n) is 2.48. The monoisotopic (exact) mass is 468 g/mol. The van der Waals surface area contributed by atoms with Crippen molar-refractivity contribution in [3.05, 3.63) is 59.7 Å². The molecular formula is C20H29IN4O. The lowest BCUT2D eigenvalue weighted by atomic mass is 10.1. The van der Waals surface area contributed by atoms with E-state index in [1.54, 1.807) is 14.2 Å². The van der Waals surface area contributed by atoms with Gasteiger partial charge in [0.1, 0.15) is 5.75 Å². The molecule has 0 fully saturated rings. The number of benzene rings is 2. The van der Waals surface area contributed by atoms with Crippen LogP contribution in [0.1, 0.15) is 17.5 Å². The smallest absolute Gasteiger partial charge is 0.191 e. The lowest BCUT2D eigenvalue weighted by Crippen LogP contribution is -2.37. The van der Waals surface area contributed by atoms with Gasteiger partial charge in [-0.1, -0.05) is 30.3 Å². The normalized spacial score (nSPS) is 10.7. The van der Waals surface area contributed by atoms with Gasteiger partial charge in [0.2, 0.25) is 0 Å². The summed E-state index contributed by atoms with van der Waals surface area (Å²) in [7, 11) is 3.48. The Labute approximate surface area is 173 Å². The summed E-state index contributed by atoms with van der Waals surface area (Å²) >= 11 is 0. The van der Waals surface area contributed by atoms with E-state index in [1.807, 2.05) is 24.3 Å². The molecule has 0 atom stereocenters. The topological polar surface area (TPSA) is 57.7 Å². The van der Waals surface area contributed by atoms with Crippen molar-refractivity contribution in [2.75, 3.05) is 32.6 Å². The number of para-hydroxylation sites is 1. The number of methoxy groups -OCH3 is 1. The lowest BCUT2D eigenvalue weighted by Gasteiger charge is -2.14. The number of aliphatic imine (C=N–C) groups is 1. The molecule has 0 saturated heterocycles. The van der Waals surface area contributed by atoms with Crippen LogP contribution >= 0.6 is 24.0 Å². The average molecular weight is 468 g/mol. The maximum atomic E-state index is 5.44. The molecule has 0 aliphatic carbocycles. The largest absolute Gasteiger partial charge is 0.496 e. The second-order valence-electron chi connectivity index (χ2n) is 5.81. The van der Waals surface area contributed by atoms with Crippen LogP contribution in [0.5, 0.6) is 5.75 Å². The van der Waals surface area contributed by atoms with Gasteiger partial charge in [-0.2, -0.15) is 0 Å². The first-order chi connectivity index (χ1) is 12.2. The number of nitrogens with zero attached hydrogens (tertiary/aromatic N) is 1. The summed E-state index contributed by atoms with van der Waals surface area (Å²) in [5.41, 5.74) is 3.45. The molecule has 3 N–H and O–H groups in total. The van der Waals surface area contributed by atoms with E-state index in [2.05, 4.69) is 52.1 Å². The number of hydrogen-bond acceptors (Lipinski definition) is 3. The van der Waals surface area contributed by atoms with Crippen molar-refractivity contribution in [3.8, 4) is 5.75 Å². The van der Waals surface area contributed by atoms with Crippen molar-refractivity contribution >= 4 is 35.6 Å². The second kappa shape index (κ2) is 12.4. The molecule has 26 heavy (non-hydrogen) atoms. The van der Waals surface area contributed by atoms with E-state index in [-0.39, 0.29) is 24.0 Å². The summed E-state index contributed by atoms with van der Waals surface area (Å²) in [5, 5.41) is 10.1. The number of rotatable bonds is 8. The van der Waals surface area contributed by atoms with Crippen LogP contribution < -0.4 is 20.7 Å². The maximum absolute atomic E-state index is 5.44. The summed E-state index contributed by atoms with van der Waals surface area (Å²) in [4.78, 5) is 4.27. The summed E-state index contributed by atoms with van der Waals surface area (Å²) in [6.07, 6.45) is 1.00. The molecular weight excluding hydrogens is 439 g/mol. The van der Waals surface area contributed by atoms with Crippen molar-refractivity contribution in [1.82, 2.24) is 10.6 Å². The highest BCUT2D eigenvalue weighted by Crippen LogP contribution is 2.19. The van der Waals surface area contributed by atoms with E-state index in [1.165, 1.54) is 5.56 Å². The molecule has 0 heterocycles. The molecule has 142 valence electrons. The lowest BCUT2D eigenvalue weighted by molar-refractivity contribution is 0.408. The third-order valence-electron chi connectivity index (χ3n) is 3.86. The number of aryl methyl sites for hydroxylation is 1. The third-order valence-corrected chi connectivity index (χ3v) is 3.86. The molecule has 6 heteroatoms. The van der Waals surface area contributed by atoms with Gasteiger partial charge in [0.25, 0.3) is 0 Å². The first-order valence-electron chi connectivity index (χ1n) is 8.60. The molecule has 2 aromatic carbocycles.